The van der Waals surface area contributed by atoms with E-state index in [9.17, 15) is 9.90 Å². The zero-order valence-corrected chi connectivity index (χ0v) is 21.6. The topological polar surface area (TPSA) is 112 Å². The first-order valence-corrected chi connectivity index (χ1v) is 13.5. The van der Waals surface area contributed by atoms with Crippen molar-refractivity contribution in [2.24, 2.45) is 0 Å². The molecule has 198 valence electrons. The minimum atomic E-state index is -0.378. The molecule has 2 aromatic carbocycles. The van der Waals surface area contributed by atoms with Crippen molar-refractivity contribution in [3.05, 3.63) is 70.3 Å². The van der Waals surface area contributed by atoms with Crippen molar-refractivity contribution < 1.29 is 9.84 Å². The minimum Gasteiger partial charge on any atom is -0.508 e. The van der Waals surface area contributed by atoms with Crippen molar-refractivity contribution in [1.29, 1.82) is 0 Å². The number of anilines is 1. The van der Waals surface area contributed by atoms with Gasteiger partial charge in [-0.05, 0) is 78.7 Å². The summed E-state index contributed by atoms with van der Waals surface area (Å²) >= 11 is 0. The van der Waals surface area contributed by atoms with E-state index in [1.807, 2.05) is 48.0 Å². The number of piperazine rings is 1. The average molecular weight is 516 g/mol. The molecule has 1 unspecified atom stereocenters. The van der Waals surface area contributed by atoms with Crippen molar-refractivity contribution in [3.8, 4) is 11.5 Å². The monoisotopic (exact) mass is 515 g/mol. The molecule has 2 N–H and O–H groups in total. The highest BCUT2D eigenvalue weighted by Gasteiger charge is 2.34. The van der Waals surface area contributed by atoms with Gasteiger partial charge in [0.05, 0.1) is 12.6 Å². The fourth-order valence-corrected chi connectivity index (χ4v) is 5.85. The number of phenols is 1. The fourth-order valence-electron chi connectivity index (χ4n) is 5.85. The summed E-state index contributed by atoms with van der Waals surface area (Å²) in [6, 6.07) is 14.9. The molecule has 0 radical (unpaired) electrons. The molecule has 2 fully saturated rings. The zero-order chi connectivity index (χ0) is 26.1. The van der Waals surface area contributed by atoms with Crippen LogP contribution in [0.1, 0.15) is 56.1 Å². The normalized spacial score (nSPS) is 17.8. The van der Waals surface area contributed by atoms with Crippen LogP contribution in [0.5, 0.6) is 11.5 Å². The number of nitrogens with one attached hydrogen (secondary N) is 1. The van der Waals surface area contributed by atoms with Crippen molar-refractivity contribution >= 4 is 16.6 Å². The van der Waals surface area contributed by atoms with E-state index in [1.165, 1.54) is 0 Å². The van der Waals surface area contributed by atoms with Crippen molar-refractivity contribution in [1.82, 2.24) is 30.1 Å². The van der Waals surface area contributed by atoms with E-state index in [0.717, 1.165) is 80.0 Å². The van der Waals surface area contributed by atoms with Gasteiger partial charge >= 0.3 is 0 Å². The van der Waals surface area contributed by atoms with Gasteiger partial charge in [-0.25, -0.2) is 4.68 Å². The first-order chi connectivity index (χ1) is 18.6. The Balaban J connectivity index is 1.38. The summed E-state index contributed by atoms with van der Waals surface area (Å²) in [6.07, 6.45) is 4.42. The molecule has 0 spiro atoms. The average Bonchev–Trinajstić information content (AvgIpc) is 3.63. The van der Waals surface area contributed by atoms with Gasteiger partial charge < -0.3 is 19.7 Å². The van der Waals surface area contributed by atoms with Crippen LogP contribution in [-0.4, -0.2) is 68.0 Å². The van der Waals surface area contributed by atoms with E-state index >= 15 is 0 Å². The van der Waals surface area contributed by atoms with Gasteiger partial charge in [-0.1, -0.05) is 12.8 Å². The maximum absolute atomic E-state index is 13.5. The second kappa shape index (κ2) is 10.4. The van der Waals surface area contributed by atoms with E-state index in [2.05, 4.69) is 30.3 Å². The van der Waals surface area contributed by atoms with Gasteiger partial charge in [-0.2, -0.15) is 0 Å². The highest BCUT2D eigenvalue weighted by molar-refractivity contribution is 5.80. The predicted octanol–water partition coefficient (Wildman–Crippen LogP) is 3.65. The van der Waals surface area contributed by atoms with Crippen LogP contribution < -0.4 is 15.2 Å². The Hall–Kier alpha value is -3.92. The quantitative estimate of drug-likeness (QED) is 0.384. The largest absolute Gasteiger partial charge is 0.508 e. The maximum Gasteiger partial charge on any atom is 0.253 e. The number of benzene rings is 2. The number of aromatic amines is 1. The number of pyridine rings is 1. The highest BCUT2D eigenvalue weighted by Crippen LogP contribution is 2.35. The molecular weight excluding hydrogens is 482 g/mol. The molecule has 10 nitrogen and oxygen atoms in total. The lowest BCUT2D eigenvalue weighted by atomic mass is 10.0. The number of phenolic OH excluding ortho intramolecular Hbond substituents is 1. The van der Waals surface area contributed by atoms with Crippen molar-refractivity contribution in [2.45, 2.75) is 44.7 Å². The number of hydrogen-bond acceptors (Lipinski definition) is 8. The SMILES string of the molecule is CCOc1ccc2[nH]c(=O)c(C(c3nnnn3C3CCCC3)N3CCN(c4ccc(O)cc4)CC3)cc2c1. The van der Waals surface area contributed by atoms with E-state index in [-0.39, 0.29) is 23.4 Å². The standard InChI is InChI=1S/C28H33N7O3/c1-2-38-23-11-12-25-19(17-23)18-24(28(37)29-25)26(27-30-31-32-35(27)21-5-3-4-6-21)34-15-13-33(14-16-34)20-7-9-22(36)10-8-20/h7-12,17-18,21,26,36H,2-6,13-16H2,1H3,(H,29,37). The smallest absolute Gasteiger partial charge is 0.253 e. The molecule has 2 aliphatic rings. The molecule has 2 aromatic heterocycles. The van der Waals surface area contributed by atoms with Gasteiger partial charge in [-0.15, -0.1) is 5.10 Å². The summed E-state index contributed by atoms with van der Waals surface area (Å²) in [6.45, 7) is 5.57. The summed E-state index contributed by atoms with van der Waals surface area (Å²) in [5, 5.41) is 23.6. The summed E-state index contributed by atoms with van der Waals surface area (Å²) in [5.74, 6) is 1.75. The number of ether oxygens (including phenoxy) is 1. The fraction of sp³-hybridized carbons (Fsp3) is 0.429. The Bertz CT molecular complexity index is 1450. The summed E-state index contributed by atoms with van der Waals surface area (Å²) in [4.78, 5) is 21.3. The lowest BCUT2D eigenvalue weighted by Crippen LogP contribution is -2.49. The van der Waals surface area contributed by atoms with E-state index in [1.54, 1.807) is 12.1 Å². The third-order valence-corrected chi connectivity index (χ3v) is 7.78. The Morgan fingerprint density at radius 2 is 1.82 bits per heavy atom. The molecule has 4 aromatic rings. The van der Waals surface area contributed by atoms with Crippen LogP contribution in [0.25, 0.3) is 10.9 Å². The van der Waals surface area contributed by atoms with Crippen LogP contribution in [0.4, 0.5) is 5.69 Å². The highest BCUT2D eigenvalue weighted by atomic mass is 16.5. The lowest BCUT2D eigenvalue weighted by molar-refractivity contribution is 0.197. The first kappa shape index (κ1) is 24.4. The number of aromatic nitrogens is 5. The minimum absolute atomic E-state index is 0.131. The van der Waals surface area contributed by atoms with Gasteiger partial charge in [0.2, 0.25) is 0 Å². The molecular formula is C28H33N7O3. The summed E-state index contributed by atoms with van der Waals surface area (Å²) < 4.78 is 7.68. The molecule has 1 atom stereocenters. The third-order valence-electron chi connectivity index (χ3n) is 7.78. The lowest BCUT2D eigenvalue weighted by Gasteiger charge is -2.39. The van der Waals surface area contributed by atoms with E-state index in [4.69, 9.17) is 4.74 Å². The first-order valence-electron chi connectivity index (χ1n) is 13.5. The Labute approximate surface area is 220 Å². The van der Waals surface area contributed by atoms with Gasteiger partial charge in [0.15, 0.2) is 5.82 Å². The molecule has 38 heavy (non-hydrogen) atoms. The second-order valence-electron chi connectivity index (χ2n) is 10.1. The van der Waals surface area contributed by atoms with Crippen LogP contribution >= 0.6 is 0 Å². The second-order valence-corrected chi connectivity index (χ2v) is 10.1. The molecule has 0 amide bonds. The number of fused-ring (bicyclic) bond motifs is 1. The Morgan fingerprint density at radius 3 is 2.55 bits per heavy atom. The molecule has 1 aliphatic carbocycles. The van der Waals surface area contributed by atoms with Gasteiger partial charge in [0.1, 0.15) is 17.5 Å². The summed E-state index contributed by atoms with van der Waals surface area (Å²) in [5.41, 5.74) is 2.35. The molecule has 3 heterocycles. The van der Waals surface area contributed by atoms with Crippen molar-refractivity contribution in [2.75, 3.05) is 37.7 Å². The Morgan fingerprint density at radius 1 is 1.05 bits per heavy atom. The Kier molecular flexibility index (Phi) is 6.71. The number of aromatic hydroxyl groups is 1. The van der Waals surface area contributed by atoms with E-state index in [0.29, 0.717) is 12.2 Å². The van der Waals surface area contributed by atoms with Crippen LogP contribution in [0, 0.1) is 0 Å². The molecule has 1 saturated heterocycles. The zero-order valence-electron chi connectivity index (χ0n) is 21.6. The number of hydrogen-bond donors (Lipinski definition) is 2. The number of rotatable bonds is 7. The third kappa shape index (κ3) is 4.71. The molecule has 0 bridgehead atoms. The predicted molar refractivity (Wildman–Crippen MR) is 145 cm³/mol. The van der Waals surface area contributed by atoms with E-state index < -0.39 is 0 Å². The number of tetrazole rings is 1. The van der Waals surface area contributed by atoms with Crippen LogP contribution in [0.3, 0.4) is 0 Å². The van der Waals surface area contributed by atoms with Gasteiger partial charge in [-0.3, -0.25) is 9.69 Å². The molecule has 10 heteroatoms. The molecule has 1 saturated carbocycles. The van der Waals surface area contributed by atoms with Crippen LogP contribution in [-0.2, 0) is 0 Å². The molecule has 1 aliphatic heterocycles. The van der Waals surface area contributed by atoms with Gasteiger partial charge in [0.25, 0.3) is 5.56 Å². The van der Waals surface area contributed by atoms with Crippen LogP contribution in [0.2, 0.25) is 0 Å². The van der Waals surface area contributed by atoms with Gasteiger partial charge in [0, 0.05) is 48.3 Å². The number of nitrogens with zero attached hydrogens (tertiary/aromatic N) is 6. The summed E-state index contributed by atoms with van der Waals surface area (Å²) in [7, 11) is 0. The number of H-pyrrole nitrogens is 1. The van der Waals surface area contributed by atoms with Crippen molar-refractivity contribution in [3.63, 3.8) is 0 Å². The maximum atomic E-state index is 13.5. The molecule has 6 rings (SSSR count). The van der Waals surface area contributed by atoms with Crippen LogP contribution in [0.15, 0.2) is 53.3 Å².